The molecule has 6 atom stereocenters. The van der Waals surface area contributed by atoms with Gasteiger partial charge in [-0.25, -0.2) is 0 Å². The van der Waals surface area contributed by atoms with Gasteiger partial charge < -0.3 is 30.4 Å². The number of carbonyl (C=O) groups excluding carboxylic acids is 4. The molecule has 0 aromatic heterocycles. The molecule has 12 aromatic carbocycles. The highest BCUT2D eigenvalue weighted by Crippen LogP contribution is 2.50. The zero-order valence-electron chi connectivity index (χ0n) is 65.5. The molecule has 4 N–H and O–H groups in total. The lowest BCUT2D eigenvalue weighted by atomic mass is 9.87. The fourth-order valence-electron chi connectivity index (χ4n) is 14.4. The first-order valence-electron chi connectivity index (χ1n) is 39.6. The average Bonchev–Trinajstić information content (AvgIpc) is 1.60. The van der Waals surface area contributed by atoms with Crippen molar-refractivity contribution in [3.63, 3.8) is 0 Å². The summed E-state index contributed by atoms with van der Waals surface area (Å²) in [7, 11) is 0. The van der Waals surface area contributed by atoms with Crippen molar-refractivity contribution in [1.29, 1.82) is 0 Å². The summed E-state index contributed by atoms with van der Waals surface area (Å²) < 4.78 is 22.6. The van der Waals surface area contributed by atoms with Crippen molar-refractivity contribution in [3.05, 3.63) is 334 Å². The zero-order valence-corrected chi connectivity index (χ0v) is 65.5. The van der Waals surface area contributed by atoms with Crippen molar-refractivity contribution < 1.29 is 38.1 Å². The van der Waals surface area contributed by atoms with Crippen LogP contribution in [-0.2, 0) is 90.2 Å². The second kappa shape index (κ2) is 40.2. The number of rotatable bonds is 32. The number of fused-ring (bicyclic) bond motifs is 4. The van der Waals surface area contributed by atoms with E-state index in [4.69, 9.17) is 30.4 Å². The van der Waals surface area contributed by atoms with Gasteiger partial charge in [-0.2, -0.15) is 0 Å². The summed E-state index contributed by atoms with van der Waals surface area (Å²) in [5, 5.41) is 9.56. The number of ether oxygens (including phenoxy) is 4. The van der Waals surface area contributed by atoms with Crippen molar-refractivity contribution in [2.45, 2.75) is 181 Å². The lowest BCUT2D eigenvalue weighted by molar-refractivity contribution is -0.120. The lowest BCUT2D eigenvalue weighted by Crippen LogP contribution is -2.19. The Bertz CT molecular complexity index is 4650. The molecule has 0 amide bonds. The van der Waals surface area contributed by atoms with E-state index in [1.807, 2.05) is 165 Å². The van der Waals surface area contributed by atoms with Gasteiger partial charge >= 0.3 is 0 Å². The maximum atomic E-state index is 13.1. The molecule has 2 aliphatic carbocycles. The van der Waals surface area contributed by atoms with Crippen molar-refractivity contribution in [2.75, 3.05) is 13.1 Å². The van der Waals surface area contributed by atoms with Crippen LogP contribution in [-0.4, -0.2) is 60.6 Å². The highest BCUT2D eigenvalue weighted by atomic mass is 16.5. The minimum atomic E-state index is -0.170. The Labute approximate surface area is 651 Å². The molecule has 12 aromatic rings. The molecule has 14 rings (SSSR count). The molecule has 2 saturated carbocycles. The van der Waals surface area contributed by atoms with E-state index in [0.717, 1.165) is 68.1 Å². The smallest absolute Gasteiger partial charge is 0.144 e. The molecule has 0 spiro atoms. The maximum absolute atomic E-state index is 13.1. The Morgan fingerprint density at radius 1 is 0.300 bits per heavy atom. The maximum Gasteiger partial charge on any atom is 0.144 e. The molecule has 10 nitrogen and oxygen atoms in total. The number of benzene rings is 12. The van der Waals surface area contributed by atoms with E-state index >= 15 is 0 Å². The summed E-state index contributed by atoms with van der Waals surface area (Å²) >= 11 is 0. The van der Waals surface area contributed by atoms with Gasteiger partial charge in [0.2, 0.25) is 0 Å². The summed E-state index contributed by atoms with van der Waals surface area (Å²) in [6.45, 7) is 19.7. The quantitative estimate of drug-likeness (QED) is 0.0416. The number of ketones is 4. The predicted octanol–water partition coefficient (Wildman–Crippen LogP) is 21.4. The molecule has 0 bridgehead atoms. The Morgan fingerprint density at radius 2 is 0.536 bits per heavy atom. The van der Waals surface area contributed by atoms with E-state index < -0.39 is 0 Å². The van der Waals surface area contributed by atoms with Gasteiger partial charge in [-0.15, -0.1) is 0 Å². The van der Waals surface area contributed by atoms with E-state index in [1.165, 1.54) is 54.6 Å². The van der Waals surface area contributed by atoms with E-state index in [0.29, 0.717) is 101 Å². The fraction of sp³-hybridized carbons (Fsp3) is 0.320. The second-order valence-corrected chi connectivity index (χ2v) is 30.9. The van der Waals surface area contributed by atoms with Gasteiger partial charge in [0, 0.05) is 49.4 Å². The molecule has 2 aliphatic rings. The number of hydrogen-bond donors (Lipinski definition) is 2. The largest absolute Gasteiger partial charge is 0.374 e. The molecule has 3 unspecified atom stereocenters. The zero-order chi connectivity index (χ0) is 77.5. The Kier molecular flexibility index (Phi) is 29.6. The topological polar surface area (TPSA) is 157 Å². The Hall–Kier alpha value is -9.88. The summed E-state index contributed by atoms with van der Waals surface area (Å²) in [5.74, 6) is 1.94. The van der Waals surface area contributed by atoms with Crippen molar-refractivity contribution in [3.8, 4) is 0 Å². The standard InChI is InChI=1S/2C25H29NO2.2C25H26O2/c2*1-18(2)28-17-19-7-11-22(12-8-19)24(13-14-26)25(27)16-20-9-10-21-5-3-4-6-23(21)15-20;2*1-17(2)27-16-18-7-11-21(12-8-18)23-15-24(23)25(26)14-19-9-10-20-5-3-4-6-22(20)13-19/h2*3-12,15,18,24H,13-14,16-17,26H2,1-2H3;2*3-13,17,23-24H,14-16H2,1-2H3/t24-;;23-,24+;/m1.0./s1. The van der Waals surface area contributed by atoms with Gasteiger partial charge in [0.25, 0.3) is 0 Å². The first-order chi connectivity index (χ1) is 53.3. The van der Waals surface area contributed by atoms with Crippen molar-refractivity contribution >= 4 is 66.2 Å². The number of Topliss-reactive ketones (excluding diaryl/α,β-unsaturated/α-hetero) is 4. The summed E-state index contributed by atoms with van der Waals surface area (Å²) in [4.78, 5) is 51.6. The monoisotopic (exact) mass is 1470 g/mol. The van der Waals surface area contributed by atoms with Gasteiger partial charge in [0.05, 0.1) is 50.8 Å². The van der Waals surface area contributed by atoms with Gasteiger partial charge in [0.15, 0.2) is 0 Å². The highest BCUT2D eigenvalue weighted by molar-refractivity contribution is 5.93. The molecule has 568 valence electrons. The van der Waals surface area contributed by atoms with Crippen LogP contribution in [0.2, 0.25) is 0 Å². The molecule has 0 heterocycles. The van der Waals surface area contributed by atoms with Crippen LogP contribution in [0.15, 0.2) is 267 Å². The molecule has 110 heavy (non-hydrogen) atoms. The minimum absolute atomic E-state index is 0.170. The fourth-order valence-corrected chi connectivity index (χ4v) is 14.4. The van der Waals surface area contributed by atoms with Crippen LogP contribution in [0.1, 0.15) is 172 Å². The number of hydrogen-bond acceptors (Lipinski definition) is 10. The van der Waals surface area contributed by atoms with Crippen LogP contribution in [0.3, 0.4) is 0 Å². The molecule has 0 aliphatic heterocycles. The molecular weight excluding hydrogens is 1360 g/mol. The molecule has 10 heteroatoms. The minimum Gasteiger partial charge on any atom is -0.374 e. The highest BCUT2D eigenvalue weighted by Gasteiger charge is 2.44. The van der Waals surface area contributed by atoms with Gasteiger partial charge in [-0.1, -0.05) is 267 Å². The summed E-state index contributed by atoms with van der Waals surface area (Å²) in [6.07, 6.45) is 6.09. The number of carbonyl (C=O) groups is 4. The van der Waals surface area contributed by atoms with Gasteiger partial charge in [0.1, 0.15) is 23.1 Å². The summed E-state index contributed by atoms with van der Waals surface area (Å²) in [6, 6.07) is 91.7. The molecule has 0 radical (unpaired) electrons. The predicted molar refractivity (Wildman–Crippen MR) is 451 cm³/mol. The van der Waals surface area contributed by atoms with E-state index in [1.54, 1.807) is 0 Å². The SMILES string of the molecule is CC(C)OCc1ccc(C(CCN)C(=O)Cc2ccc3ccccc3c2)cc1.CC(C)OCc1ccc(C2CC2C(=O)Cc2ccc3ccccc3c2)cc1.CC(C)OCc1ccc([C@@H](CCN)C(=O)Cc2ccc3ccccc3c2)cc1.CC(C)OCc1ccc([C@@H]2C[C@H]2C(=O)Cc2ccc3ccccc3c2)cc1. The van der Waals surface area contributed by atoms with E-state index in [-0.39, 0.29) is 59.7 Å². The second-order valence-electron chi connectivity index (χ2n) is 30.9. The van der Waals surface area contributed by atoms with Crippen LogP contribution in [0.5, 0.6) is 0 Å². The Balaban J connectivity index is 0.000000145. The third-order valence-corrected chi connectivity index (χ3v) is 20.8. The lowest BCUT2D eigenvalue weighted by Gasteiger charge is -2.17. The normalized spacial score (nSPS) is 15.5. The number of nitrogens with two attached hydrogens (primary N) is 2. The van der Waals surface area contributed by atoms with Crippen LogP contribution >= 0.6 is 0 Å². The first kappa shape index (κ1) is 81.1. The average molecular weight is 1470 g/mol. The molecular formula is C100H110N2O8. The van der Waals surface area contributed by atoms with Crippen LogP contribution in [0, 0.1) is 11.8 Å². The third-order valence-electron chi connectivity index (χ3n) is 20.8. The molecule has 2 fully saturated rings. The third kappa shape index (κ3) is 24.1. The Morgan fingerprint density at radius 3 is 0.791 bits per heavy atom. The van der Waals surface area contributed by atoms with Crippen LogP contribution in [0.25, 0.3) is 43.1 Å². The first-order valence-corrected chi connectivity index (χ1v) is 39.6. The van der Waals surface area contributed by atoms with Crippen LogP contribution in [0.4, 0.5) is 0 Å². The summed E-state index contributed by atoms with van der Waals surface area (Å²) in [5.41, 5.74) is 25.2. The van der Waals surface area contributed by atoms with Crippen molar-refractivity contribution in [2.24, 2.45) is 23.3 Å². The van der Waals surface area contributed by atoms with Gasteiger partial charge in [-0.05, 0) is 216 Å². The van der Waals surface area contributed by atoms with E-state index in [9.17, 15) is 19.2 Å². The van der Waals surface area contributed by atoms with Crippen molar-refractivity contribution in [1.82, 2.24) is 0 Å². The van der Waals surface area contributed by atoms with E-state index in [2.05, 4.69) is 158 Å². The van der Waals surface area contributed by atoms with Gasteiger partial charge in [-0.3, -0.25) is 19.2 Å². The molecule has 0 saturated heterocycles. The van der Waals surface area contributed by atoms with Crippen LogP contribution < -0.4 is 11.5 Å².